The molecule has 0 aromatic heterocycles. The van der Waals surface area contributed by atoms with Gasteiger partial charge in [-0.05, 0) is 18.2 Å². The zero-order valence-corrected chi connectivity index (χ0v) is 10.1. The maximum absolute atomic E-state index is 13.1. The lowest BCUT2D eigenvalue weighted by atomic mass is 10.1. The van der Waals surface area contributed by atoms with Gasteiger partial charge in [0.2, 0.25) is 0 Å². The number of fused-ring (bicyclic) bond motifs is 2. The van der Waals surface area contributed by atoms with Crippen molar-refractivity contribution in [2.75, 3.05) is 0 Å². The van der Waals surface area contributed by atoms with Crippen LogP contribution in [0.1, 0.15) is 5.56 Å². The summed E-state index contributed by atoms with van der Waals surface area (Å²) in [5.74, 6) is 0.257. The van der Waals surface area contributed by atoms with Gasteiger partial charge in [-0.15, -0.1) is 0 Å². The summed E-state index contributed by atoms with van der Waals surface area (Å²) in [6, 6.07) is 3.42. The molecule has 2 aliphatic heterocycles. The molecule has 0 saturated carbocycles. The van der Waals surface area contributed by atoms with E-state index in [1.165, 1.54) is 12.2 Å². The van der Waals surface area contributed by atoms with Crippen LogP contribution < -0.4 is 0 Å². The van der Waals surface area contributed by atoms with Gasteiger partial charge >= 0.3 is 0 Å². The Morgan fingerprint density at radius 3 is 2.94 bits per heavy atom. The van der Waals surface area contributed by atoms with Gasteiger partial charge < -0.3 is 4.90 Å². The molecule has 0 aliphatic carbocycles. The maximum Gasteiger partial charge on any atom is 0.136 e. The number of rotatable bonds is 0. The predicted octanol–water partition coefficient (Wildman–Crippen LogP) is 4.22. The van der Waals surface area contributed by atoms with Gasteiger partial charge in [0.25, 0.3) is 0 Å². The third-order valence-corrected chi connectivity index (χ3v) is 3.23. The van der Waals surface area contributed by atoms with E-state index in [2.05, 4.69) is 4.99 Å². The topological polar surface area (TPSA) is 15.6 Å². The Bertz CT molecular complexity index is 590. The average molecular weight is 269 g/mol. The van der Waals surface area contributed by atoms with Crippen LogP contribution in [-0.2, 0) is 6.54 Å². The van der Waals surface area contributed by atoms with Gasteiger partial charge in [-0.1, -0.05) is 23.2 Å². The van der Waals surface area contributed by atoms with E-state index in [1.54, 1.807) is 18.3 Å². The third kappa shape index (κ3) is 1.85. The molecule has 5 heteroatoms. The van der Waals surface area contributed by atoms with Crippen molar-refractivity contribution >= 4 is 34.7 Å². The van der Waals surface area contributed by atoms with Crippen molar-refractivity contribution in [2.24, 2.45) is 4.99 Å². The van der Waals surface area contributed by atoms with E-state index >= 15 is 0 Å². The first-order chi connectivity index (χ1) is 8.13. The molecule has 0 unspecified atom stereocenters. The molecule has 86 valence electrons. The first kappa shape index (κ1) is 10.8. The van der Waals surface area contributed by atoms with Crippen LogP contribution in [0.4, 0.5) is 10.1 Å². The quantitative estimate of drug-likeness (QED) is 0.688. The summed E-state index contributed by atoms with van der Waals surface area (Å²) >= 11 is 12.0. The highest BCUT2D eigenvalue weighted by molar-refractivity contribution is 6.35. The van der Waals surface area contributed by atoms with E-state index in [9.17, 15) is 4.39 Å². The molecule has 0 radical (unpaired) electrons. The number of nitrogens with zero attached hydrogens (tertiary/aromatic N) is 2. The maximum atomic E-state index is 13.1. The minimum atomic E-state index is -0.309. The number of halogens is 3. The molecular formula is C12H7Cl2FN2. The van der Waals surface area contributed by atoms with Crippen LogP contribution in [0.15, 0.2) is 41.3 Å². The van der Waals surface area contributed by atoms with Crippen molar-refractivity contribution < 1.29 is 4.39 Å². The van der Waals surface area contributed by atoms with Gasteiger partial charge in [-0.3, -0.25) is 0 Å². The average Bonchev–Trinajstić information content (AvgIpc) is 2.26. The fourth-order valence-corrected chi connectivity index (χ4v) is 2.40. The minimum Gasteiger partial charge on any atom is -0.328 e. The van der Waals surface area contributed by atoms with Crippen LogP contribution in [0, 0.1) is 0 Å². The number of allylic oxidation sites excluding steroid dienone is 2. The van der Waals surface area contributed by atoms with Crippen molar-refractivity contribution in [1.29, 1.82) is 0 Å². The standard InChI is InChI=1S/C12H7Cl2FN2/c13-7-3-10(14)9-6-17-2-1-8(15)5-12(17)16-11(9)4-7/h1-5H,6H2. The molecule has 0 spiro atoms. The highest BCUT2D eigenvalue weighted by Crippen LogP contribution is 2.36. The molecule has 0 amide bonds. The second kappa shape index (κ2) is 3.86. The number of hydrogen-bond acceptors (Lipinski definition) is 2. The van der Waals surface area contributed by atoms with Crippen LogP contribution >= 0.6 is 23.2 Å². The zero-order chi connectivity index (χ0) is 12.0. The van der Waals surface area contributed by atoms with Gasteiger partial charge in [0.05, 0.1) is 12.2 Å². The van der Waals surface area contributed by atoms with Crippen molar-refractivity contribution in [3.8, 4) is 0 Å². The Kier molecular flexibility index (Phi) is 2.45. The fourth-order valence-electron chi connectivity index (χ4n) is 1.86. The van der Waals surface area contributed by atoms with Gasteiger partial charge in [0, 0.05) is 27.9 Å². The van der Waals surface area contributed by atoms with E-state index in [0.717, 1.165) is 5.56 Å². The minimum absolute atomic E-state index is 0.309. The van der Waals surface area contributed by atoms with E-state index in [1.807, 2.05) is 4.90 Å². The van der Waals surface area contributed by atoms with E-state index in [4.69, 9.17) is 23.2 Å². The van der Waals surface area contributed by atoms with Crippen LogP contribution in [0.25, 0.3) is 0 Å². The number of hydrogen-bond donors (Lipinski definition) is 0. The largest absolute Gasteiger partial charge is 0.328 e. The summed E-state index contributed by atoms with van der Waals surface area (Å²) in [6.45, 7) is 0.574. The van der Waals surface area contributed by atoms with Crippen molar-refractivity contribution in [2.45, 2.75) is 6.54 Å². The van der Waals surface area contributed by atoms with Gasteiger partial charge in [-0.2, -0.15) is 0 Å². The zero-order valence-electron chi connectivity index (χ0n) is 8.62. The molecule has 0 bridgehead atoms. The summed E-state index contributed by atoms with van der Waals surface area (Å²) in [5.41, 5.74) is 1.60. The second-order valence-corrected chi connectivity index (χ2v) is 4.67. The highest BCUT2D eigenvalue weighted by atomic mass is 35.5. The first-order valence-electron chi connectivity index (χ1n) is 5.02. The second-order valence-electron chi connectivity index (χ2n) is 3.83. The van der Waals surface area contributed by atoms with Crippen molar-refractivity contribution in [3.63, 3.8) is 0 Å². The van der Waals surface area contributed by atoms with Gasteiger partial charge in [0.1, 0.15) is 11.7 Å². The van der Waals surface area contributed by atoms with E-state index in [-0.39, 0.29) is 5.83 Å². The molecule has 1 aromatic carbocycles. The Hall–Kier alpha value is -1.32. The third-order valence-electron chi connectivity index (χ3n) is 2.68. The normalized spacial score (nSPS) is 17.2. The molecule has 2 nitrogen and oxygen atoms in total. The first-order valence-corrected chi connectivity index (χ1v) is 5.78. The van der Waals surface area contributed by atoms with Crippen molar-refractivity contribution in [3.05, 3.63) is 51.9 Å². The number of aliphatic imine (C=N–C) groups is 1. The van der Waals surface area contributed by atoms with Gasteiger partial charge in [0.15, 0.2) is 0 Å². The van der Waals surface area contributed by atoms with Crippen LogP contribution in [0.5, 0.6) is 0 Å². The van der Waals surface area contributed by atoms with Crippen LogP contribution in [0.2, 0.25) is 10.0 Å². The highest BCUT2D eigenvalue weighted by Gasteiger charge is 2.21. The molecule has 0 N–H and O–H groups in total. The Morgan fingerprint density at radius 1 is 1.29 bits per heavy atom. The van der Waals surface area contributed by atoms with E-state index < -0.39 is 0 Å². The van der Waals surface area contributed by atoms with Crippen LogP contribution in [0.3, 0.4) is 0 Å². The van der Waals surface area contributed by atoms with Crippen LogP contribution in [-0.4, -0.2) is 10.7 Å². The molecule has 2 heterocycles. The summed E-state index contributed by atoms with van der Waals surface area (Å²) < 4.78 is 13.1. The smallest absolute Gasteiger partial charge is 0.136 e. The van der Waals surface area contributed by atoms with Gasteiger partial charge in [-0.25, -0.2) is 9.38 Å². The lowest BCUT2D eigenvalue weighted by Crippen LogP contribution is -2.28. The Morgan fingerprint density at radius 2 is 2.12 bits per heavy atom. The molecule has 2 aliphatic rings. The van der Waals surface area contributed by atoms with E-state index in [0.29, 0.717) is 28.1 Å². The lowest BCUT2D eigenvalue weighted by Gasteiger charge is -2.28. The summed E-state index contributed by atoms with van der Waals surface area (Å²) in [4.78, 5) is 6.18. The molecule has 17 heavy (non-hydrogen) atoms. The summed E-state index contributed by atoms with van der Waals surface area (Å²) in [5, 5.41) is 1.11. The molecule has 0 saturated heterocycles. The molecule has 1 aromatic rings. The molecule has 0 fully saturated rings. The lowest BCUT2D eigenvalue weighted by molar-refractivity contribution is 0.532. The predicted molar refractivity (Wildman–Crippen MR) is 67.4 cm³/mol. The summed E-state index contributed by atoms with van der Waals surface area (Å²) in [6.07, 6.45) is 4.44. The Labute approximate surface area is 108 Å². The van der Waals surface area contributed by atoms with Crippen molar-refractivity contribution in [1.82, 2.24) is 4.90 Å². The molecule has 0 atom stereocenters. The SMILES string of the molecule is FC1=CC2=Nc3cc(Cl)cc(Cl)c3CN2C=C1. The molecule has 3 rings (SSSR count). The Balaban J connectivity index is 2.16. The molecular weight excluding hydrogens is 262 g/mol. The number of benzene rings is 1. The monoisotopic (exact) mass is 268 g/mol. The fraction of sp³-hybridized carbons (Fsp3) is 0.0833. The summed E-state index contributed by atoms with van der Waals surface area (Å²) in [7, 11) is 0. The number of amidine groups is 1.